The molecule has 9 heteroatoms. The van der Waals surface area contributed by atoms with E-state index in [1.54, 1.807) is 11.0 Å². The van der Waals surface area contributed by atoms with Gasteiger partial charge in [0.25, 0.3) is 5.91 Å². The van der Waals surface area contributed by atoms with Gasteiger partial charge in [0.1, 0.15) is 0 Å². The van der Waals surface area contributed by atoms with E-state index in [4.69, 9.17) is 4.74 Å². The van der Waals surface area contributed by atoms with Crippen LogP contribution in [0.5, 0.6) is 0 Å². The van der Waals surface area contributed by atoms with Crippen molar-refractivity contribution in [2.24, 2.45) is 0 Å². The molecule has 3 heterocycles. The van der Waals surface area contributed by atoms with Crippen LogP contribution in [0.1, 0.15) is 28.9 Å². The Morgan fingerprint density at radius 2 is 2.00 bits per heavy atom. The monoisotopic (exact) mass is 436 g/mol. The van der Waals surface area contributed by atoms with E-state index in [1.165, 1.54) is 0 Å². The van der Waals surface area contributed by atoms with E-state index < -0.39 is 6.10 Å². The Kier molecular flexibility index (Phi) is 6.36. The SMILES string of the molecule is Cc1ccccc1-c1cc(NC(=O)C2CN(C(=O)CCc3c(C)n[nH]c3C)CCO2)n[nH]1. The predicted octanol–water partition coefficient (Wildman–Crippen LogP) is 2.52. The number of aromatic amines is 2. The minimum atomic E-state index is -0.733. The van der Waals surface area contributed by atoms with Crippen LogP contribution in [0.3, 0.4) is 0 Å². The molecular formula is C23H28N6O3. The number of carbonyl (C=O) groups excluding carboxylic acids is 2. The summed E-state index contributed by atoms with van der Waals surface area (Å²) >= 11 is 0. The summed E-state index contributed by atoms with van der Waals surface area (Å²) in [6.45, 7) is 6.93. The van der Waals surface area contributed by atoms with Gasteiger partial charge in [-0.2, -0.15) is 10.2 Å². The Labute approximate surface area is 186 Å². The molecule has 1 aliphatic heterocycles. The zero-order valence-electron chi connectivity index (χ0n) is 18.6. The molecule has 1 atom stereocenters. The van der Waals surface area contributed by atoms with E-state index in [9.17, 15) is 9.59 Å². The summed E-state index contributed by atoms with van der Waals surface area (Å²) in [6, 6.07) is 9.74. The Bertz CT molecular complexity index is 1100. The lowest BCUT2D eigenvalue weighted by molar-refractivity contribution is -0.144. The van der Waals surface area contributed by atoms with Crippen molar-refractivity contribution in [3.8, 4) is 11.3 Å². The van der Waals surface area contributed by atoms with Crippen LogP contribution in [-0.2, 0) is 20.7 Å². The van der Waals surface area contributed by atoms with Crippen LogP contribution in [0.15, 0.2) is 30.3 Å². The highest BCUT2D eigenvalue weighted by atomic mass is 16.5. The van der Waals surface area contributed by atoms with Crippen molar-refractivity contribution in [3.05, 3.63) is 52.8 Å². The first-order valence-corrected chi connectivity index (χ1v) is 10.7. The molecule has 1 unspecified atom stereocenters. The number of nitrogens with zero attached hydrogens (tertiary/aromatic N) is 3. The number of hydrogen-bond acceptors (Lipinski definition) is 5. The van der Waals surface area contributed by atoms with Gasteiger partial charge >= 0.3 is 0 Å². The van der Waals surface area contributed by atoms with Crippen LogP contribution in [0.4, 0.5) is 5.82 Å². The van der Waals surface area contributed by atoms with Crippen LogP contribution in [0, 0.1) is 20.8 Å². The molecule has 9 nitrogen and oxygen atoms in total. The second-order valence-electron chi connectivity index (χ2n) is 8.08. The van der Waals surface area contributed by atoms with Crippen LogP contribution in [0.2, 0.25) is 0 Å². The van der Waals surface area contributed by atoms with Gasteiger partial charge in [0.15, 0.2) is 11.9 Å². The van der Waals surface area contributed by atoms with Crippen molar-refractivity contribution in [2.45, 2.75) is 39.7 Å². The lowest BCUT2D eigenvalue weighted by Crippen LogP contribution is -2.50. The van der Waals surface area contributed by atoms with Gasteiger partial charge in [-0.3, -0.25) is 19.8 Å². The quantitative estimate of drug-likeness (QED) is 0.549. The van der Waals surface area contributed by atoms with E-state index in [0.29, 0.717) is 31.8 Å². The maximum absolute atomic E-state index is 12.7. The van der Waals surface area contributed by atoms with E-state index in [2.05, 4.69) is 25.7 Å². The standard InChI is InChI=1S/C23H28N6O3/c1-14-6-4-5-7-17(14)19-12-21(28-27-19)24-23(31)20-13-29(10-11-32-20)22(30)9-8-18-15(2)25-26-16(18)3/h4-7,12,20H,8-11,13H2,1-3H3,(H,25,26)(H2,24,27,28,31). The van der Waals surface area contributed by atoms with Crippen molar-refractivity contribution >= 4 is 17.6 Å². The summed E-state index contributed by atoms with van der Waals surface area (Å²) in [5.41, 5.74) is 5.93. The largest absolute Gasteiger partial charge is 0.365 e. The molecule has 0 radical (unpaired) electrons. The van der Waals surface area contributed by atoms with Crippen LogP contribution >= 0.6 is 0 Å². The fourth-order valence-electron chi connectivity index (χ4n) is 3.97. The Morgan fingerprint density at radius 1 is 1.19 bits per heavy atom. The fraction of sp³-hybridized carbons (Fsp3) is 0.391. The molecule has 168 valence electrons. The zero-order chi connectivity index (χ0) is 22.7. The highest BCUT2D eigenvalue weighted by molar-refractivity contribution is 5.94. The average molecular weight is 437 g/mol. The molecular weight excluding hydrogens is 408 g/mol. The number of aryl methyl sites for hydroxylation is 3. The van der Waals surface area contributed by atoms with Crippen molar-refractivity contribution in [3.63, 3.8) is 0 Å². The summed E-state index contributed by atoms with van der Waals surface area (Å²) in [4.78, 5) is 27.2. The Hall–Kier alpha value is -3.46. The molecule has 0 spiro atoms. The van der Waals surface area contributed by atoms with Gasteiger partial charge in [-0.15, -0.1) is 0 Å². The number of aromatic nitrogens is 4. The molecule has 0 aliphatic carbocycles. The average Bonchev–Trinajstić information content (AvgIpc) is 3.38. The second-order valence-corrected chi connectivity index (χ2v) is 8.08. The Morgan fingerprint density at radius 3 is 2.75 bits per heavy atom. The molecule has 4 rings (SSSR count). The van der Waals surface area contributed by atoms with E-state index >= 15 is 0 Å². The van der Waals surface area contributed by atoms with E-state index in [1.807, 2.05) is 45.0 Å². The van der Waals surface area contributed by atoms with Gasteiger partial charge in [0.2, 0.25) is 5.91 Å². The second kappa shape index (κ2) is 9.35. The first-order chi connectivity index (χ1) is 15.4. The summed E-state index contributed by atoms with van der Waals surface area (Å²) in [7, 11) is 0. The number of benzene rings is 1. The molecule has 2 amide bonds. The Balaban J connectivity index is 1.33. The van der Waals surface area contributed by atoms with Gasteiger partial charge in [0.05, 0.1) is 24.5 Å². The van der Waals surface area contributed by atoms with Crippen LogP contribution in [-0.4, -0.2) is 62.9 Å². The van der Waals surface area contributed by atoms with Gasteiger partial charge < -0.3 is 15.0 Å². The number of H-pyrrole nitrogens is 2. The summed E-state index contributed by atoms with van der Waals surface area (Å²) in [5, 5.41) is 17.1. The third kappa shape index (κ3) is 4.72. The minimum Gasteiger partial charge on any atom is -0.365 e. The number of ether oxygens (including phenoxy) is 1. The highest BCUT2D eigenvalue weighted by Crippen LogP contribution is 2.23. The fourth-order valence-corrected chi connectivity index (χ4v) is 3.97. The highest BCUT2D eigenvalue weighted by Gasteiger charge is 2.29. The summed E-state index contributed by atoms with van der Waals surface area (Å²) in [5.74, 6) is 0.116. The number of hydrogen-bond donors (Lipinski definition) is 3. The molecule has 1 fully saturated rings. The lowest BCUT2D eigenvalue weighted by atomic mass is 10.1. The van der Waals surface area contributed by atoms with Crippen molar-refractivity contribution in [2.75, 3.05) is 25.0 Å². The van der Waals surface area contributed by atoms with E-state index in [0.717, 1.165) is 33.8 Å². The number of nitrogens with one attached hydrogen (secondary N) is 3. The van der Waals surface area contributed by atoms with Crippen molar-refractivity contribution < 1.29 is 14.3 Å². The van der Waals surface area contributed by atoms with Crippen LogP contribution in [0.25, 0.3) is 11.3 Å². The molecule has 3 N–H and O–H groups in total. The molecule has 1 aliphatic rings. The predicted molar refractivity (Wildman–Crippen MR) is 120 cm³/mol. The number of rotatable bonds is 6. The van der Waals surface area contributed by atoms with Gasteiger partial charge in [-0.25, -0.2) is 0 Å². The number of morpholine rings is 1. The lowest BCUT2D eigenvalue weighted by Gasteiger charge is -2.32. The smallest absolute Gasteiger partial charge is 0.256 e. The topological polar surface area (TPSA) is 116 Å². The number of carbonyl (C=O) groups is 2. The molecule has 32 heavy (non-hydrogen) atoms. The van der Waals surface area contributed by atoms with Gasteiger partial charge in [-0.1, -0.05) is 24.3 Å². The number of amides is 2. The molecule has 3 aromatic rings. The normalized spacial score (nSPS) is 16.2. The summed E-state index contributed by atoms with van der Waals surface area (Å²) < 4.78 is 5.63. The summed E-state index contributed by atoms with van der Waals surface area (Å²) in [6.07, 6.45) is 0.258. The molecule has 1 saturated heterocycles. The third-order valence-corrected chi connectivity index (χ3v) is 5.85. The van der Waals surface area contributed by atoms with Crippen molar-refractivity contribution in [1.82, 2.24) is 25.3 Å². The zero-order valence-corrected chi connectivity index (χ0v) is 18.6. The van der Waals surface area contributed by atoms with Crippen LogP contribution < -0.4 is 5.32 Å². The molecule has 0 bridgehead atoms. The van der Waals surface area contributed by atoms with E-state index in [-0.39, 0.29) is 18.4 Å². The third-order valence-electron chi connectivity index (χ3n) is 5.85. The van der Waals surface area contributed by atoms with Gasteiger partial charge in [0, 0.05) is 30.3 Å². The van der Waals surface area contributed by atoms with Crippen molar-refractivity contribution in [1.29, 1.82) is 0 Å². The molecule has 0 saturated carbocycles. The number of anilines is 1. The van der Waals surface area contributed by atoms with Gasteiger partial charge in [-0.05, 0) is 38.3 Å². The maximum Gasteiger partial charge on any atom is 0.256 e. The molecule has 2 aromatic heterocycles. The minimum absolute atomic E-state index is 0.00714. The first-order valence-electron chi connectivity index (χ1n) is 10.7. The molecule has 1 aromatic carbocycles. The maximum atomic E-state index is 12.7. The first kappa shape index (κ1) is 21.8.